The summed E-state index contributed by atoms with van der Waals surface area (Å²) in [7, 11) is -3.64. The van der Waals surface area contributed by atoms with E-state index < -0.39 is 16.6 Å². The summed E-state index contributed by atoms with van der Waals surface area (Å²) < 4.78 is 32.4. The van der Waals surface area contributed by atoms with Gasteiger partial charge in [-0.25, -0.2) is 8.42 Å². The van der Waals surface area contributed by atoms with Crippen LogP contribution in [0.4, 0.5) is 0 Å². The van der Waals surface area contributed by atoms with Crippen LogP contribution in [0.2, 0.25) is 0 Å². The molecule has 8 heteroatoms. The number of aliphatic hydroxyl groups is 1. The number of H-pyrrole nitrogens is 1. The standard InChI is InChI=1S/C12H21N3O4S/c1-3-19-10-5-4-6-15(7-10)20(17,18)12-9(2)13-14-11(12)8-16/h10,16H,3-8H2,1-2H3,(H,13,14). The molecule has 2 N–H and O–H groups in total. The molecule has 2 heterocycles. The minimum absolute atomic E-state index is 0.0618. The maximum absolute atomic E-state index is 12.7. The lowest BCUT2D eigenvalue weighted by Gasteiger charge is -2.31. The van der Waals surface area contributed by atoms with E-state index in [9.17, 15) is 13.5 Å². The Labute approximate surface area is 119 Å². The first kappa shape index (κ1) is 15.4. The van der Waals surface area contributed by atoms with Gasteiger partial charge in [0.1, 0.15) is 10.6 Å². The van der Waals surface area contributed by atoms with Gasteiger partial charge in [0.15, 0.2) is 0 Å². The van der Waals surface area contributed by atoms with E-state index in [0.717, 1.165) is 12.8 Å². The van der Waals surface area contributed by atoms with Gasteiger partial charge in [-0.15, -0.1) is 0 Å². The Hall–Kier alpha value is -0.960. The molecule has 1 fully saturated rings. The zero-order valence-electron chi connectivity index (χ0n) is 11.8. The molecule has 1 saturated heterocycles. The van der Waals surface area contributed by atoms with Crippen molar-refractivity contribution in [3.05, 3.63) is 11.4 Å². The van der Waals surface area contributed by atoms with Crippen molar-refractivity contribution in [2.75, 3.05) is 19.7 Å². The summed E-state index contributed by atoms with van der Waals surface area (Å²) in [6, 6.07) is 0. The highest BCUT2D eigenvalue weighted by atomic mass is 32.2. The van der Waals surface area contributed by atoms with Crippen molar-refractivity contribution in [1.82, 2.24) is 14.5 Å². The van der Waals surface area contributed by atoms with Crippen LogP contribution in [0.25, 0.3) is 0 Å². The highest BCUT2D eigenvalue weighted by molar-refractivity contribution is 7.89. The van der Waals surface area contributed by atoms with Crippen molar-refractivity contribution in [2.45, 2.75) is 44.3 Å². The summed E-state index contributed by atoms with van der Waals surface area (Å²) in [5, 5.41) is 15.7. The topological polar surface area (TPSA) is 95.5 Å². The first-order valence-corrected chi connectivity index (χ1v) is 8.21. The van der Waals surface area contributed by atoms with Gasteiger partial charge < -0.3 is 9.84 Å². The average molecular weight is 303 g/mol. The van der Waals surface area contributed by atoms with Gasteiger partial charge in [0.25, 0.3) is 0 Å². The number of rotatable bonds is 5. The third-order valence-electron chi connectivity index (χ3n) is 3.45. The highest BCUT2D eigenvalue weighted by Gasteiger charge is 2.34. The summed E-state index contributed by atoms with van der Waals surface area (Å²) in [5.41, 5.74) is 0.619. The monoisotopic (exact) mass is 303 g/mol. The van der Waals surface area contributed by atoms with E-state index in [1.807, 2.05) is 6.92 Å². The van der Waals surface area contributed by atoms with Gasteiger partial charge in [-0.05, 0) is 26.7 Å². The molecule has 0 aromatic carbocycles. The molecule has 20 heavy (non-hydrogen) atoms. The molecule has 1 aliphatic heterocycles. The van der Waals surface area contributed by atoms with Crippen LogP contribution in [-0.2, 0) is 21.4 Å². The summed E-state index contributed by atoms with van der Waals surface area (Å²) >= 11 is 0. The Morgan fingerprint density at radius 1 is 1.55 bits per heavy atom. The number of ether oxygens (including phenoxy) is 1. The molecule has 7 nitrogen and oxygen atoms in total. The van der Waals surface area contributed by atoms with Crippen LogP contribution in [-0.4, -0.2) is 53.8 Å². The fourth-order valence-electron chi connectivity index (χ4n) is 2.54. The molecule has 1 aromatic rings. The van der Waals surface area contributed by atoms with Crippen LogP contribution in [0.3, 0.4) is 0 Å². The van der Waals surface area contributed by atoms with Crippen LogP contribution in [0.5, 0.6) is 0 Å². The summed E-state index contributed by atoms with van der Waals surface area (Å²) in [4.78, 5) is 0.0946. The quantitative estimate of drug-likeness (QED) is 0.821. The number of sulfonamides is 1. The van der Waals surface area contributed by atoms with Gasteiger partial charge in [-0.2, -0.15) is 9.40 Å². The number of piperidine rings is 1. The zero-order chi connectivity index (χ0) is 14.8. The lowest BCUT2D eigenvalue weighted by molar-refractivity contribution is 0.0264. The summed E-state index contributed by atoms with van der Waals surface area (Å²) in [6.45, 7) is 4.54. The van der Waals surface area contributed by atoms with Crippen LogP contribution in [0.15, 0.2) is 4.90 Å². The Kier molecular flexibility index (Phi) is 4.79. The normalized spacial score (nSPS) is 21.2. The molecule has 0 radical (unpaired) electrons. The smallest absolute Gasteiger partial charge is 0.246 e. The van der Waals surface area contributed by atoms with Crippen molar-refractivity contribution >= 4 is 10.0 Å². The van der Waals surface area contributed by atoms with E-state index in [1.54, 1.807) is 6.92 Å². The fraction of sp³-hybridized carbons (Fsp3) is 0.750. The first-order valence-electron chi connectivity index (χ1n) is 6.77. The minimum Gasteiger partial charge on any atom is -0.390 e. The molecule has 2 rings (SSSR count). The third kappa shape index (κ3) is 2.88. The Balaban J connectivity index is 2.27. The predicted octanol–water partition coefficient (Wildman–Crippen LogP) is 0.400. The molecule has 0 spiro atoms. The SMILES string of the molecule is CCOC1CCCN(S(=O)(=O)c2c(CO)n[nH]c2C)C1. The number of hydrogen-bond donors (Lipinski definition) is 2. The highest BCUT2D eigenvalue weighted by Crippen LogP contribution is 2.25. The van der Waals surface area contributed by atoms with Crippen LogP contribution in [0.1, 0.15) is 31.2 Å². The zero-order valence-corrected chi connectivity index (χ0v) is 12.6. The molecule has 0 amide bonds. The second kappa shape index (κ2) is 6.21. The number of aryl methyl sites for hydroxylation is 1. The number of aromatic nitrogens is 2. The predicted molar refractivity (Wildman–Crippen MR) is 72.7 cm³/mol. The molecule has 0 aliphatic carbocycles. The second-order valence-electron chi connectivity index (χ2n) is 4.87. The van der Waals surface area contributed by atoms with Crippen molar-refractivity contribution in [3.8, 4) is 0 Å². The maximum atomic E-state index is 12.7. The van der Waals surface area contributed by atoms with Crippen molar-refractivity contribution in [1.29, 1.82) is 0 Å². The van der Waals surface area contributed by atoms with Gasteiger partial charge in [0.2, 0.25) is 10.0 Å². The minimum atomic E-state index is -3.64. The number of nitrogens with one attached hydrogen (secondary N) is 1. The molecular formula is C12H21N3O4S. The first-order chi connectivity index (χ1) is 9.50. The molecule has 1 atom stereocenters. The van der Waals surface area contributed by atoms with E-state index >= 15 is 0 Å². The average Bonchev–Trinajstić information content (AvgIpc) is 2.81. The molecule has 0 bridgehead atoms. The fourth-order valence-corrected chi connectivity index (χ4v) is 4.37. The molecule has 1 aliphatic rings. The molecule has 0 saturated carbocycles. The Morgan fingerprint density at radius 3 is 2.95 bits per heavy atom. The largest absolute Gasteiger partial charge is 0.390 e. The number of aromatic amines is 1. The van der Waals surface area contributed by atoms with E-state index in [0.29, 0.717) is 25.4 Å². The van der Waals surface area contributed by atoms with Crippen molar-refractivity contribution < 1.29 is 18.3 Å². The van der Waals surface area contributed by atoms with Gasteiger partial charge in [0.05, 0.1) is 18.4 Å². The molecule has 114 valence electrons. The van der Waals surface area contributed by atoms with E-state index in [1.165, 1.54) is 4.31 Å². The molecular weight excluding hydrogens is 282 g/mol. The van der Waals surface area contributed by atoms with E-state index in [-0.39, 0.29) is 16.7 Å². The van der Waals surface area contributed by atoms with Gasteiger partial charge in [-0.1, -0.05) is 0 Å². The number of nitrogens with zero attached hydrogens (tertiary/aromatic N) is 2. The molecule has 1 aromatic heterocycles. The third-order valence-corrected chi connectivity index (χ3v) is 5.52. The summed E-state index contributed by atoms with van der Waals surface area (Å²) in [6.07, 6.45) is 1.58. The second-order valence-corrected chi connectivity index (χ2v) is 6.74. The van der Waals surface area contributed by atoms with Gasteiger partial charge >= 0.3 is 0 Å². The Morgan fingerprint density at radius 2 is 2.30 bits per heavy atom. The number of aliphatic hydroxyl groups excluding tert-OH is 1. The lowest BCUT2D eigenvalue weighted by atomic mass is 10.1. The van der Waals surface area contributed by atoms with Crippen molar-refractivity contribution in [3.63, 3.8) is 0 Å². The van der Waals surface area contributed by atoms with Crippen LogP contribution < -0.4 is 0 Å². The van der Waals surface area contributed by atoms with Crippen LogP contribution >= 0.6 is 0 Å². The lowest BCUT2D eigenvalue weighted by Crippen LogP contribution is -2.43. The Bertz CT molecular complexity index is 553. The van der Waals surface area contributed by atoms with E-state index in [4.69, 9.17) is 4.74 Å². The van der Waals surface area contributed by atoms with E-state index in [2.05, 4.69) is 10.2 Å². The van der Waals surface area contributed by atoms with Crippen molar-refractivity contribution in [2.24, 2.45) is 0 Å². The maximum Gasteiger partial charge on any atom is 0.246 e. The summed E-state index contributed by atoms with van der Waals surface area (Å²) in [5.74, 6) is 0. The number of hydrogen-bond acceptors (Lipinski definition) is 5. The van der Waals surface area contributed by atoms with Gasteiger partial charge in [0, 0.05) is 19.7 Å². The molecule has 1 unspecified atom stereocenters. The van der Waals surface area contributed by atoms with Gasteiger partial charge in [-0.3, -0.25) is 5.10 Å². The van der Waals surface area contributed by atoms with Crippen LogP contribution in [0, 0.1) is 6.92 Å².